The molecule has 0 saturated carbocycles. The van der Waals surface area contributed by atoms with E-state index < -0.39 is 11.9 Å². The fourth-order valence-electron chi connectivity index (χ4n) is 2.37. The fourth-order valence-corrected chi connectivity index (χ4v) is 2.37. The summed E-state index contributed by atoms with van der Waals surface area (Å²) < 4.78 is 0. The zero-order valence-corrected chi connectivity index (χ0v) is 11.5. The number of amides is 2. The lowest BCUT2D eigenvalue weighted by atomic mass is 10.1. The molecule has 0 radical (unpaired) electrons. The molecule has 20 heavy (non-hydrogen) atoms. The molecule has 1 atom stereocenters. The Hall–Kier alpha value is -2.11. The van der Waals surface area contributed by atoms with E-state index in [2.05, 4.69) is 10.3 Å². The van der Waals surface area contributed by atoms with Crippen molar-refractivity contribution in [3.8, 4) is 0 Å². The Morgan fingerprint density at radius 3 is 3.00 bits per heavy atom. The summed E-state index contributed by atoms with van der Waals surface area (Å²) in [6.07, 6.45) is 3.09. The summed E-state index contributed by atoms with van der Waals surface area (Å²) in [4.78, 5) is 28.7. The maximum absolute atomic E-state index is 12.0. The smallest absolute Gasteiger partial charge is 0.317 e. The van der Waals surface area contributed by atoms with Crippen LogP contribution in [0.2, 0.25) is 0 Å². The molecule has 1 aliphatic rings. The number of aryl methyl sites for hydroxylation is 1. The molecule has 0 aliphatic carbocycles. The number of aliphatic carboxylic acids is 1. The van der Waals surface area contributed by atoms with Gasteiger partial charge in [0, 0.05) is 19.3 Å². The van der Waals surface area contributed by atoms with Crippen LogP contribution in [0.5, 0.6) is 0 Å². The monoisotopic (exact) mass is 277 g/mol. The molecule has 1 aliphatic heterocycles. The van der Waals surface area contributed by atoms with E-state index in [0.29, 0.717) is 19.5 Å². The second kappa shape index (κ2) is 6.36. The number of aromatic nitrogens is 1. The fraction of sp³-hybridized carbons (Fsp3) is 0.500. The number of hydrogen-bond donors (Lipinski definition) is 2. The average Bonchev–Trinajstić information content (AvgIpc) is 2.95. The lowest BCUT2D eigenvalue weighted by Gasteiger charge is -2.17. The van der Waals surface area contributed by atoms with Crippen LogP contribution in [-0.2, 0) is 17.8 Å². The third kappa shape index (κ3) is 3.26. The minimum Gasteiger partial charge on any atom is -0.481 e. The molecule has 2 rings (SSSR count). The van der Waals surface area contributed by atoms with Crippen LogP contribution in [0.4, 0.5) is 4.79 Å². The first-order valence-electron chi connectivity index (χ1n) is 6.80. The molecule has 1 aromatic rings. The third-order valence-electron chi connectivity index (χ3n) is 3.60. The van der Waals surface area contributed by atoms with Crippen molar-refractivity contribution in [3.63, 3.8) is 0 Å². The zero-order chi connectivity index (χ0) is 14.5. The van der Waals surface area contributed by atoms with E-state index in [4.69, 9.17) is 5.11 Å². The molecular weight excluding hydrogens is 258 g/mol. The Balaban J connectivity index is 1.88. The number of urea groups is 1. The Kier molecular flexibility index (Phi) is 4.55. The summed E-state index contributed by atoms with van der Waals surface area (Å²) in [6.45, 7) is 3.19. The predicted octanol–water partition coefficient (Wildman–Crippen LogP) is 1.26. The number of nitrogens with zero attached hydrogens (tertiary/aromatic N) is 2. The SMILES string of the molecule is CCc1cccnc1CNC(=O)N1CCC(C(=O)O)C1. The number of likely N-dealkylation sites (tertiary alicyclic amines) is 1. The van der Waals surface area contributed by atoms with Crippen molar-refractivity contribution in [2.45, 2.75) is 26.3 Å². The van der Waals surface area contributed by atoms with Gasteiger partial charge < -0.3 is 15.3 Å². The van der Waals surface area contributed by atoms with E-state index in [1.54, 1.807) is 11.1 Å². The zero-order valence-electron chi connectivity index (χ0n) is 11.5. The highest BCUT2D eigenvalue weighted by Gasteiger charge is 2.30. The number of carboxylic acid groups (broad SMARTS) is 1. The van der Waals surface area contributed by atoms with Gasteiger partial charge in [-0.05, 0) is 24.5 Å². The van der Waals surface area contributed by atoms with Gasteiger partial charge in [0.15, 0.2) is 0 Å². The third-order valence-corrected chi connectivity index (χ3v) is 3.60. The molecule has 2 N–H and O–H groups in total. The average molecular weight is 277 g/mol. The largest absolute Gasteiger partial charge is 0.481 e. The summed E-state index contributed by atoms with van der Waals surface area (Å²) in [5.41, 5.74) is 1.97. The van der Waals surface area contributed by atoms with E-state index in [-0.39, 0.29) is 12.6 Å². The Morgan fingerprint density at radius 1 is 1.55 bits per heavy atom. The van der Waals surface area contributed by atoms with Gasteiger partial charge in [-0.25, -0.2) is 4.79 Å². The second-order valence-electron chi connectivity index (χ2n) is 4.89. The Morgan fingerprint density at radius 2 is 2.35 bits per heavy atom. The maximum Gasteiger partial charge on any atom is 0.317 e. The number of nitrogens with one attached hydrogen (secondary N) is 1. The van der Waals surface area contributed by atoms with Crippen molar-refractivity contribution in [1.29, 1.82) is 0 Å². The van der Waals surface area contributed by atoms with Crippen molar-refractivity contribution in [2.75, 3.05) is 13.1 Å². The van der Waals surface area contributed by atoms with Gasteiger partial charge in [-0.1, -0.05) is 13.0 Å². The van der Waals surface area contributed by atoms with E-state index in [1.807, 2.05) is 19.1 Å². The van der Waals surface area contributed by atoms with E-state index in [9.17, 15) is 9.59 Å². The van der Waals surface area contributed by atoms with E-state index >= 15 is 0 Å². The van der Waals surface area contributed by atoms with Crippen LogP contribution in [-0.4, -0.2) is 40.1 Å². The first-order chi connectivity index (χ1) is 9.61. The first-order valence-corrected chi connectivity index (χ1v) is 6.80. The molecule has 2 amide bonds. The van der Waals surface area contributed by atoms with E-state index in [0.717, 1.165) is 17.7 Å². The molecule has 0 aromatic carbocycles. The quantitative estimate of drug-likeness (QED) is 0.868. The van der Waals surface area contributed by atoms with Crippen molar-refractivity contribution >= 4 is 12.0 Å². The minimum absolute atomic E-state index is 0.221. The van der Waals surface area contributed by atoms with Crippen molar-refractivity contribution in [2.24, 2.45) is 5.92 Å². The lowest BCUT2D eigenvalue weighted by Crippen LogP contribution is -2.38. The molecule has 108 valence electrons. The predicted molar refractivity (Wildman–Crippen MR) is 73.2 cm³/mol. The summed E-state index contributed by atoms with van der Waals surface area (Å²) in [7, 11) is 0. The molecule has 0 spiro atoms. The molecule has 2 heterocycles. The van der Waals surface area contributed by atoms with Gasteiger partial charge in [0.2, 0.25) is 0 Å². The van der Waals surface area contributed by atoms with Gasteiger partial charge in [0.25, 0.3) is 0 Å². The number of carbonyl (C=O) groups is 2. The van der Waals surface area contributed by atoms with Crippen LogP contribution in [0.25, 0.3) is 0 Å². The molecule has 1 unspecified atom stereocenters. The Bertz CT molecular complexity index is 504. The van der Waals surface area contributed by atoms with Gasteiger partial charge in [0.05, 0.1) is 18.2 Å². The maximum atomic E-state index is 12.0. The molecule has 1 saturated heterocycles. The van der Waals surface area contributed by atoms with Gasteiger partial charge >= 0.3 is 12.0 Å². The topological polar surface area (TPSA) is 82.5 Å². The standard InChI is InChI=1S/C14H19N3O3/c1-2-10-4-3-6-15-12(10)8-16-14(20)17-7-5-11(9-17)13(18)19/h3-4,6,11H,2,5,7-9H2,1H3,(H,16,20)(H,18,19). The summed E-state index contributed by atoms with van der Waals surface area (Å²) in [5, 5.41) is 11.7. The normalized spacial score (nSPS) is 18.1. The van der Waals surface area contributed by atoms with Crippen molar-refractivity contribution in [1.82, 2.24) is 15.2 Å². The van der Waals surface area contributed by atoms with Gasteiger partial charge in [-0.3, -0.25) is 9.78 Å². The molecule has 6 nitrogen and oxygen atoms in total. The summed E-state index contributed by atoms with van der Waals surface area (Å²) >= 11 is 0. The number of hydrogen-bond acceptors (Lipinski definition) is 3. The molecular formula is C14H19N3O3. The van der Waals surface area contributed by atoms with Crippen LogP contribution in [0.3, 0.4) is 0 Å². The molecule has 0 bridgehead atoms. The van der Waals surface area contributed by atoms with Crippen molar-refractivity contribution in [3.05, 3.63) is 29.6 Å². The van der Waals surface area contributed by atoms with Crippen LogP contribution in [0, 0.1) is 5.92 Å². The van der Waals surface area contributed by atoms with Gasteiger partial charge in [-0.15, -0.1) is 0 Å². The Labute approximate surface area is 117 Å². The van der Waals surface area contributed by atoms with Crippen LogP contribution in [0.1, 0.15) is 24.6 Å². The van der Waals surface area contributed by atoms with Crippen LogP contribution in [0.15, 0.2) is 18.3 Å². The highest BCUT2D eigenvalue weighted by Crippen LogP contribution is 2.16. The summed E-state index contributed by atoms with van der Waals surface area (Å²) in [6, 6.07) is 3.65. The lowest BCUT2D eigenvalue weighted by molar-refractivity contribution is -0.141. The molecule has 1 fully saturated rings. The second-order valence-corrected chi connectivity index (χ2v) is 4.89. The molecule has 1 aromatic heterocycles. The molecule has 6 heteroatoms. The number of carboxylic acids is 1. The number of pyridine rings is 1. The first kappa shape index (κ1) is 14.3. The van der Waals surface area contributed by atoms with Crippen molar-refractivity contribution < 1.29 is 14.7 Å². The van der Waals surface area contributed by atoms with Crippen LogP contribution < -0.4 is 5.32 Å². The highest BCUT2D eigenvalue weighted by molar-refractivity contribution is 5.77. The van der Waals surface area contributed by atoms with Gasteiger partial charge in [0.1, 0.15) is 0 Å². The van der Waals surface area contributed by atoms with E-state index in [1.165, 1.54) is 0 Å². The van der Waals surface area contributed by atoms with Crippen LogP contribution >= 0.6 is 0 Å². The number of carbonyl (C=O) groups excluding carboxylic acids is 1. The highest BCUT2D eigenvalue weighted by atomic mass is 16.4. The minimum atomic E-state index is -0.835. The number of rotatable bonds is 4. The van der Waals surface area contributed by atoms with Gasteiger partial charge in [-0.2, -0.15) is 0 Å². The summed E-state index contributed by atoms with van der Waals surface area (Å²) in [5.74, 6) is -1.28.